The first kappa shape index (κ1) is 12.8. The molecule has 1 aromatic rings. The summed E-state index contributed by atoms with van der Waals surface area (Å²) in [6, 6.07) is 3.00. The van der Waals surface area contributed by atoms with Crippen molar-refractivity contribution in [2.24, 2.45) is 0 Å². The fraction of sp³-hybridized carbons (Fsp3) is 0.154. The molecule has 0 saturated carbocycles. The summed E-state index contributed by atoms with van der Waals surface area (Å²) >= 11 is 0. The molecule has 1 rings (SSSR count). The summed E-state index contributed by atoms with van der Waals surface area (Å²) in [6.07, 6.45) is 8.80. The number of allylic oxidation sites excluding steroid dienone is 4. The highest BCUT2D eigenvalue weighted by atomic mass is 16.5. The summed E-state index contributed by atoms with van der Waals surface area (Å²) in [4.78, 5) is 11.2. The maximum absolute atomic E-state index is 11.2. The van der Waals surface area contributed by atoms with Crippen LogP contribution in [-0.2, 0) is 0 Å². The number of hydrogen-bond acceptors (Lipinski definition) is 3. The third-order valence-corrected chi connectivity index (χ3v) is 2.01. The maximum Gasteiger partial charge on any atom is 0.272 e. The Hall–Kier alpha value is -2.23. The normalized spacial score (nSPS) is 11.7. The van der Waals surface area contributed by atoms with Crippen LogP contribution in [-0.4, -0.2) is 11.3 Å². The Balaban J connectivity index is 2.58. The maximum atomic E-state index is 11.2. The van der Waals surface area contributed by atoms with Gasteiger partial charge in [0.15, 0.2) is 0 Å². The lowest BCUT2D eigenvalue weighted by molar-refractivity contribution is 0.351. The first-order valence-corrected chi connectivity index (χ1v) is 5.19. The van der Waals surface area contributed by atoms with E-state index in [1.165, 1.54) is 12.3 Å². The standard InChI is InChI=1S/C13H16N2O2/c1-3-4-5-6-11(2)10-17-12-7-8-15(14)13(16)9-12/h3-9H,1,10,14H2,2H3/b5-4-,11-6+. The van der Waals surface area contributed by atoms with Crippen LogP contribution in [0.4, 0.5) is 0 Å². The minimum absolute atomic E-state index is 0.296. The molecule has 1 heterocycles. The third kappa shape index (κ3) is 4.42. The average molecular weight is 232 g/mol. The van der Waals surface area contributed by atoms with Gasteiger partial charge in [-0.2, -0.15) is 0 Å². The summed E-state index contributed by atoms with van der Waals surface area (Å²) in [5.74, 6) is 5.86. The van der Waals surface area contributed by atoms with Crippen molar-refractivity contribution in [2.45, 2.75) is 6.92 Å². The molecule has 0 unspecified atom stereocenters. The van der Waals surface area contributed by atoms with Crippen molar-refractivity contribution in [3.05, 3.63) is 65.1 Å². The number of ether oxygens (including phenoxy) is 1. The van der Waals surface area contributed by atoms with Crippen LogP contribution in [0.1, 0.15) is 6.92 Å². The molecule has 2 N–H and O–H groups in total. The van der Waals surface area contributed by atoms with Crippen LogP contribution in [0.5, 0.6) is 5.75 Å². The Labute approximate surface area is 100 Å². The van der Waals surface area contributed by atoms with Crippen molar-refractivity contribution < 1.29 is 4.74 Å². The van der Waals surface area contributed by atoms with Crippen molar-refractivity contribution in [1.82, 2.24) is 4.68 Å². The van der Waals surface area contributed by atoms with Gasteiger partial charge < -0.3 is 10.6 Å². The Morgan fingerprint density at radius 3 is 3.00 bits per heavy atom. The van der Waals surface area contributed by atoms with Crippen LogP contribution < -0.4 is 16.1 Å². The number of nitrogens with zero attached hydrogens (tertiary/aromatic N) is 1. The lowest BCUT2D eigenvalue weighted by Crippen LogP contribution is -2.25. The van der Waals surface area contributed by atoms with Gasteiger partial charge in [-0.25, -0.2) is 4.68 Å². The van der Waals surface area contributed by atoms with Gasteiger partial charge in [-0.1, -0.05) is 30.9 Å². The van der Waals surface area contributed by atoms with E-state index in [0.29, 0.717) is 12.4 Å². The van der Waals surface area contributed by atoms with E-state index >= 15 is 0 Å². The van der Waals surface area contributed by atoms with Crippen LogP contribution >= 0.6 is 0 Å². The zero-order chi connectivity index (χ0) is 12.7. The predicted octanol–water partition coefficient (Wildman–Crippen LogP) is 1.63. The zero-order valence-electron chi connectivity index (χ0n) is 9.80. The predicted molar refractivity (Wildman–Crippen MR) is 69.4 cm³/mol. The minimum Gasteiger partial charge on any atom is -0.489 e. The molecule has 0 aromatic carbocycles. The van der Waals surface area contributed by atoms with Crippen molar-refractivity contribution >= 4 is 0 Å². The highest BCUT2D eigenvalue weighted by molar-refractivity contribution is 5.20. The van der Waals surface area contributed by atoms with Crippen molar-refractivity contribution in [1.29, 1.82) is 0 Å². The molecule has 17 heavy (non-hydrogen) atoms. The van der Waals surface area contributed by atoms with Crippen molar-refractivity contribution in [2.75, 3.05) is 12.4 Å². The fourth-order valence-corrected chi connectivity index (χ4v) is 1.11. The van der Waals surface area contributed by atoms with Gasteiger partial charge in [0.2, 0.25) is 0 Å². The summed E-state index contributed by atoms with van der Waals surface area (Å²) in [7, 11) is 0. The van der Waals surface area contributed by atoms with Crippen LogP contribution in [0, 0.1) is 0 Å². The molecule has 0 aliphatic heterocycles. The summed E-state index contributed by atoms with van der Waals surface area (Å²) < 4.78 is 6.44. The number of nitrogens with two attached hydrogens (primary N) is 1. The molecule has 0 bridgehead atoms. The molecule has 0 saturated heterocycles. The molecule has 0 aliphatic carbocycles. The summed E-state index contributed by atoms with van der Waals surface area (Å²) in [6.45, 7) is 5.94. The van der Waals surface area contributed by atoms with Crippen molar-refractivity contribution in [3.63, 3.8) is 0 Å². The number of pyridine rings is 1. The minimum atomic E-state index is -0.296. The Morgan fingerprint density at radius 1 is 1.59 bits per heavy atom. The molecule has 0 fully saturated rings. The van der Waals surface area contributed by atoms with Crippen molar-refractivity contribution in [3.8, 4) is 5.75 Å². The molecule has 0 spiro atoms. The molecule has 0 radical (unpaired) electrons. The molecule has 1 aromatic heterocycles. The van der Waals surface area contributed by atoms with Gasteiger partial charge in [-0.15, -0.1) is 0 Å². The SMILES string of the molecule is C=C/C=C\C=C(/C)COc1ccn(N)c(=O)c1. The smallest absolute Gasteiger partial charge is 0.272 e. The molecule has 0 atom stereocenters. The fourth-order valence-electron chi connectivity index (χ4n) is 1.11. The van der Waals surface area contributed by atoms with E-state index in [1.54, 1.807) is 12.1 Å². The van der Waals surface area contributed by atoms with E-state index in [2.05, 4.69) is 6.58 Å². The van der Waals surface area contributed by atoms with E-state index in [9.17, 15) is 4.79 Å². The highest BCUT2D eigenvalue weighted by Gasteiger charge is 1.97. The summed E-state index contributed by atoms with van der Waals surface area (Å²) in [5.41, 5.74) is 0.746. The highest BCUT2D eigenvalue weighted by Crippen LogP contribution is 2.06. The van der Waals surface area contributed by atoms with Gasteiger partial charge in [0, 0.05) is 12.3 Å². The number of aromatic nitrogens is 1. The summed E-state index contributed by atoms with van der Waals surface area (Å²) in [5, 5.41) is 0. The number of hydrogen-bond donors (Lipinski definition) is 1. The molecule has 90 valence electrons. The van der Waals surface area contributed by atoms with Gasteiger partial charge in [0.25, 0.3) is 5.56 Å². The lowest BCUT2D eigenvalue weighted by atomic mass is 10.3. The van der Waals surface area contributed by atoms with Crippen LogP contribution in [0.15, 0.2) is 59.6 Å². The topological polar surface area (TPSA) is 57.2 Å². The van der Waals surface area contributed by atoms with E-state index in [-0.39, 0.29) is 5.56 Å². The Kier molecular flexibility index (Phi) is 4.81. The molecule has 0 aliphatic rings. The Morgan fingerprint density at radius 2 is 2.35 bits per heavy atom. The molecule has 0 amide bonds. The van der Waals surface area contributed by atoms with Crippen LogP contribution in [0.2, 0.25) is 0 Å². The molecule has 4 heteroatoms. The quantitative estimate of drug-likeness (QED) is 0.620. The molecule has 4 nitrogen and oxygen atoms in total. The van der Waals surface area contributed by atoms with Gasteiger partial charge in [-0.3, -0.25) is 4.79 Å². The van der Waals surface area contributed by atoms with Gasteiger partial charge in [0.05, 0.1) is 0 Å². The van der Waals surface area contributed by atoms with Gasteiger partial charge >= 0.3 is 0 Å². The second kappa shape index (κ2) is 6.37. The number of nitrogen functional groups attached to an aromatic ring is 1. The average Bonchev–Trinajstić information content (AvgIpc) is 2.31. The monoisotopic (exact) mass is 232 g/mol. The second-order valence-corrected chi connectivity index (χ2v) is 3.53. The van der Waals surface area contributed by atoms with E-state index in [4.69, 9.17) is 10.6 Å². The van der Waals surface area contributed by atoms with Crippen LogP contribution in [0.25, 0.3) is 0 Å². The third-order valence-electron chi connectivity index (χ3n) is 2.01. The number of rotatable bonds is 5. The first-order chi connectivity index (χ1) is 8.13. The van der Waals surface area contributed by atoms with E-state index in [0.717, 1.165) is 10.2 Å². The van der Waals surface area contributed by atoms with E-state index in [1.807, 2.05) is 25.2 Å². The first-order valence-electron chi connectivity index (χ1n) is 5.19. The Bertz CT molecular complexity index is 498. The largest absolute Gasteiger partial charge is 0.489 e. The van der Waals surface area contributed by atoms with Crippen LogP contribution in [0.3, 0.4) is 0 Å². The molecular weight excluding hydrogens is 216 g/mol. The van der Waals surface area contributed by atoms with E-state index < -0.39 is 0 Å². The molecular formula is C13H16N2O2. The zero-order valence-corrected chi connectivity index (χ0v) is 9.80. The van der Waals surface area contributed by atoms with Gasteiger partial charge in [-0.05, 0) is 18.6 Å². The second-order valence-electron chi connectivity index (χ2n) is 3.53. The van der Waals surface area contributed by atoms with Gasteiger partial charge in [0.1, 0.15) is 12.4 Å². The lowest BCUT2D eigenvalue weighted by Gasteiger charge is -2.06.